The minimum absolute atomic E-state index is 0.757. The number of rotatable bonds is 5. The van der Waals surface area contributed by atoms with E-state index in [-0.39, 0.29) is 0 Å². The molecule has 2 aromatic carbocycles. The Balaban J connectivity index is 1.66. The normalized spacial score (nSPS) is 10.8. The minimum Gasteiger partial charge on any atom is -0.330 e. The molecule has 0 aliphatic heterocycles. The third-order valence-electron chi connectivity index (χ3n) is 3.25. The van der Waals surface area contributed by atoms with Crippen LogP contribution in [0.2, 0.25) is 10.0 Å². The van der Waals surface area contributed by atoms with Crippen LogP contribution in [0, 0.1) is 0 Å². The Labute approximate surface area is 144 Å². The first kappa shape index (κ1) is 15.5. The maximum absolute atomic E-state index is 5.92. The minimum atomic E-state index is 0.757. The molecule has 2 nitrogen and oxygen atoms in total. The molecule has 0 bridgehead atoms. The molecule has 3 rings (SSSR count). The molecule has 0 aliphatic rings. The number of imidazole rings is 1. The fourth-order valence-electron chi connectivity index (χ4n) is 2.09. The fourth-order valence-corrected chi connectivity index (χ4v) is 3.21. The van der Waals surface area contributed by atoms with Gasteiger partial charge in [0, 0.05) is 33.9 Å². The summed E-state index contributed by atoms with van der Waals surface area (Å²) in [6, 6.07) is 15.8. The lowest BCUT2D eigenvalue weighted by molar-refractivity contribution is 0.756. The number of nitrogens with zero attached hydrogens (tertiary/aromatic N) is 2. The molecule has 0 amide bonds. The highest BCUT2D eigenvalue weighted by Crippen LogP contribution is 2.24. The third-order valence-corrected chi connectivity index (χ3v) is 4.76. The van der Waals surface area contributed by atoms with Gasteiger partial charge in [0.05, 0.1) is 5.75 Å². The highest BCUT2D eigenvalue weighted by molar-refractivity contribution is 7.98. The topological polar surface area (TPSA) is 17.8 Å². The smallest absolute Gasteiger partial charge is 0.119 e. The van der Waals surface area contributed by atoms with Crippen molar-refractivity contribution < 1.29 is 0 Å². The maximum Gasteiger partial charge on any atom is 0.119 e. The first-order chi connectivity index (χ1) is 10.7. The van der Waals surface area contributed by atoms with Gasteiger partial charge in [-0.3, -0.25) is 0 Å². The molecule has 5 heteroatoms. The average Bonchev–Trinajstić information content (AvgIpc) is 2.96. The van der Waals surface area contributed by atoms with Crippen molar-refractivity contribution >= 4 is 35.0 Å². The Morgan fingerprint density at radius 3 is 2.23 bits per heavy atom. The lowest BCUT2D eigenvalue weighted by Crippen LogP contribution is -2.03. The molecular weight excluding hydrogens is 335 g/mol. The Hall–Kier alpha value is -1.42. The van der Waals surface area contributed by atoms with Crippen molar-refractivity contribution in [1.82, 2.24) is 9.55 Å². The number of thioether (sulfide) groups is 1. The van der Waals surface area contributed by atoms with Crippen LogP contribution in [0.25, 0.3) is 0 Å². The monoisotopic (exact) mass is 348 g/mol. The molecule has 0 fully saturated rings. The van der Waals surface area contributed by atoms with Gasteiger partial charge in [0.25, 0.3) is 0 Å². The molecule has 1 heterocycles. The van der Waals surface area contributed by atoms with E-state index in [1.807, 2.05) is 60.9 Å². The van der Waals surface area contributed by atoms with Crippen LogP contribution in [0.1, 0.15) is 11.4 Å². The van der Waals surface area contributed by atoms with Crippen molar-refractivity contribution in [2.75, 3.05) is 0 Å². The largest absolute Gasteiger partial charge is 0.330 e. The first-order valence-electron chi connectivity index (χ1n) is 6.83. The molecule has 0 aliphatic carbocycles. The van der Waals surface area contributed by atoms with E-state index in [9.17, 15) is 0 Å². The van der Waals surface area contributed by atoms with Gasteiger partial charge in [-0.2, -0.15) is 0 Å². The van der Waals surface area contributed by atoms with E-state index in [4.69, 9.17) is 23.2 Å². The summed E-state index contributed by atoms with van der Waals surface area (Å²) in [5.74, 6) is 1.87. The van der Waals surface area contributed by atoms with Crippen LogP contribution in [-0.2, 0) is 12.3 Å². The quantitative estimate of drug-likeness (QED) is 0.564. The van der Waals surface area contributed by atoms with Crippen LogP contribution >= 0.6 is 35.0 Å². The van der Waals surface area contributed by atoms with Gasteiger partial charge < -0.3 is 4.57 Å². The zero-order valence-electron chi connectivity index (χ0n) is 11.7. The van der Waals surface area contributed by atoms with Crippen molar-refractivity contribution in [3.63, 3.8) is 0 Å². The van der Waals surface area contributed by atoms with E-state index in [0.717, 1.165) is 28.2 Å². The predicted molar refractivity (Wildman–Crippen MR) is 93.8 cm³/mol. The van der Waals surface area contributed by atoms with Crippen LogP contribution in [0.15, 0.2) is 65.8 Å². The third kappa shape index (κ3) is 4.07. The van der Waals surface area contributed by atoms with Crippen LogP contribution in [0.5, 0.6) is 0 Å². The summed E-state index contributed by atoms with van der Waals surface area (Å²) in [6.45, 7) is 0.799. The molecule has 0 radical (unpaired) electrons. The van der Waals surface area contributed by atoms with Crippen molar-refractivity contribution in [1.29, 1.82) is 0 Å². The van der Waals surface area contributed by atoms with E-state index in [2.05, 4.69) is 9.55 Å². The molecule has 3 aromatic rings. The number of hydrogen-bond acceptors (Lipinski definition) is 2. The number of aromatic nitrogens is 2. The second-order valence-electron chi connectivity index (χ2n) is 4.84. The second kappa shape index (κ2) is 7.23. The number of hydrogen-bond donors (Lipinski definition) is 0. The Morgan fingerprint density at radius 2 is 1.55 bits per heavy atom. The van der Waals surface area contributed by atoms with Gasteiger partial charge in [0.15, 0.2) is 0 Å². The number of benzene rings is 2. The lowest BCUT2D eigenvalue weighted by Gasteiger charge is -2.08. The predicted octanol–water partition coefficient (Wildman–Crippen LogP) is 5.53. The molecule has 0 saturated heterocycles. The Kier molecular flexibility index (Phi) is 5.08. The summed E-state index contributed by atoms with van der Waals surface area (Å²) in [5, 5.41) is 1.52. The molecule has 0 saturated carbocycles. The lowest BCUT2D eigenvalue weighted by atomic mass is 10.2. The molecular formula is C17H14Cl2N2S. The van der Waals surface area contributed by atoms with Gasteiger partial charge in [-0.05, 0) is 42.0 Å². The summed E-state index contributed by atoms with van der Waals surface area (Å²) < 4.78 is 2.16. The summed E-state index contributed by atoms with van der Waals surface area (Å²) in [5.41, 5.74) is 1.21. The molecule has 22 heavy (non-hydrogen) atoms. The van der Waals surface area contributed by atoms with E-state index in [1.165, 1.54) is 10.5 Å². The number of halogens is 2. The van der Waals surface area contributed by atoms with Gasteiger partial charge >= 0.3 is 0 Å². The summed E-state index contributed by atoms with van der Waals surface area (Å²) in [4.78, 5) is 5.64. The zero-order chi connectivity index (χ0) is 15.4. The average molecular weight is 349 g/mol. The van der Waals surface area contributed by atoms with Gasteiger partial charge in [0.1, 0.15) is 5.82 Å². The van der Waals surface area contributed by atoms with Gasteiger partial charge in [-0.15, -0.1) is 11.8 Å². The van der Waals surface area contributed by atoms with Gasteiger partial charge in [-0.1, -0.05) is 35.3 Å². The molecule has 0 N–H and O–H groups in total. The van der Waals surface area contributed by atoms with Crippen LogP contribution in [0.4, 0.5) is 0 Å². The van der Waals surface area contributed by atoms with E-state index in [0.29, 0.717) is 0 Å². The molecule has 0 unspecified atom stereocenters. The maximum atomic E-state index is 5.92. The second-order valence-corrected chi connectivity index (χ2v) is 6.76. The van der Waals surface area contributed by atoms with Crippen LogP contribution in [0.3, 0.4) is 0 Å². The van der Waals surface area contributed by atoms with Gasteiger partial charge in [-0.25, -0.2) is 4.98 Å². The molecule has 0 atom stereocenters. The van der Waals surface area contributed by atoms with Crippen molar-refractivity contribution in [2.24, 2.45) is 0 Å². The van der Waals surface area contributed by atoms with E-state index >= 15 is 0 Å². The molecule has 1 aromatic heterocycles. The van der Waals surface area contributed by atoms with Crippen LogP contribution in [-0.4, -0.2) is 9.55 Å². The van der Waals surface area contributed by atoms with E-state index in [1.54, 1.807) is 11.8 Å². The first-order valence-corrected chi connectivity index (χ1v) is 8.58. The Bertz CT molecular complexity index is 736. The van der Waals surface area contributed by atoms with Crippen molar-refractivity contribution in [3.05, 3.63) is 82.4 Å². The van der Waals surface area contributed by atoms with Crippen LogP contribution < -0.4 is 0 Å². The van der Waals surface area contributed by atoms with E-state index < -0.39 is 0 Å². The highest BCUT2D eigenvalue weighted by atomic mass is 35.5. The highest BCUT2D eigenvalue weighted by Gasteiger charge is 2.05. The van der Waals surface area contributed by atoms with Crippen molar-refractivity contribution in [2.45, 2.75) is 17.2 Å². The summed E-state index contributed by atoms with van der Waals surface area (Å²) in [6.07, 6.45) is 3.85. The SMILES string of the molecule is Clc1ccc(Cn2ccnc2CSc2ccc(Cl)cc2)cc1. The molecule has 112 valence electrons. The zero-order valence-corrected chi connectivity index (χ0v) is 14.1. The Morgan fingerprint density at radius 1 is 0.909 bits per heavy atom. The fraction of sp³-hybridized carbons (Fsp3) is 0.118. The standard InChI is InChI=1S/C17H14Cl2N2S/c18-14-3-1-13(2-4-14)11-21-10-9-20-17(21)12-22-16-7-5-15(19)6-8-16/h1-10H,11-12H2. The van der Waals surface area contributed by atoms with Crippen molar-refractivity contribution in [3.8, 4) is 0 Å². The van der Waals surface area contributed by atoms with Gasteiger partial charge in [0.2, 0.25) is 0 Å². The molecule has 0 spiro atoms. The summed E-state index contributed by atoms with van der Waals surface area (Å²) >= 11 is 13.6. The summed E-state index contributed by atoms with van der Waals surface area (Å²) in [7, 11) is 0.